The van der Waals surface area contributed by atoms with E-state index in [1.54, 1.807) is 48.5 Å². The molecule has 5 nitrogen and oxygen atoms in total. The van der Waals surface area contributed by atoms with Crippen LogP contribution in [0.3, 0.4) is 0 Å². The Morgan fingerprint density at radius 2 is 2.05 bits per heavy atom. The zero-order valence-electron chi connectivity index (χ0n) is 11.2. The van der Waals surface area contributed by atoms with E-state index >= 15 is 0 Å². The quantitative estimate of drug-likeness (QED) is 0.879. The lowest BCUT2D eigenvalue weighted by atomic mass is 10.2. The molecule has 0 saturated carbocycles. The van der Waals surface area contributed by atoms with Crippen molar-refractivity contribution in [3.63, 3.8) is 0 Å². The zero-order valence-corrected chi connectivity index (χ0v) is 11.2. The standard InChI is InChI=1S/C16H14N2O3/c17-9-12-4-3-6-14(8-12)18-16(20)11-21-15-7-2-1-5-13(15)10-19/h1-8,19H,10-11H2,(H,18,20). The molecule has 0 bridgehead atoms. The van der Waals surface area contributed by atoms with Crippen LogP contribution in [-0.2, 0) is 11.4 Å². The monoisotopic (exact) mass is 282 g/mol. The normalized spacial score (nSPS) is 9.71. The number of nitrogens with one attached hydrogen (secondary N) is 1. The minimum absolute atomic E-state index is 0.151. The van der Waals surface area contributed by atoms with E-state index in [0.29, 0.717) is 22.6 Å². The topological polar surface area (TPSA) is 82.4 Å². The van der Waals surface area contributed by atoms with Gasteiger partial charge in [0.25, 0.3) is 5.91 Å². The summed E-state index contributed by atoms with van der Waals surface area (Å²) in [5.41, 5.74) is 1.63. The minimum Gasteiger partial charge on any atom is -0.483 e. The van der Waals surface area contributed by atoms with E-state index in [4.69, 9.17) is 15.1 Å². The van der Waals surface area contributed by atoms with Crippen molar-refractivity contribution in [1.29, 1.82) is 5.26 Å². The Morgan fingerprint density at radius 1 is 1.24 bits per heavy atom. The number of ether oxygens (including phenoxy) is 1. The number of hydrogen-bond acceptors (Lipinski definition) is 4. The van der Waals surface area contributed by atoms with Crippen molar-refractivity contribution in [2.24, 2.45) is 0 Å². The molecular weight excluding hydrogens is 268 g/mol. The number of carbonyl (C=O) groups excluding carboxylic acids is 1. The molecule has 106 valence electrons. The molecule has 0 unspecified atom stereocenters. The molecule has 2 aromatic carbocycles. The third kappa shape index (κ3) is 4.06. The molecule has 2 N–H and O–H groups in total. The Balaban J connectivity index is 1.94. The van der Waals surface area contributed by atoms with Crippen LogP contribution < -0.4 is 10.1 Å². The zero-order chi connectivity index (χ0) is 15.1. The van der Waals surface area contributed by atoms with Gasteiger partial charge in [-0.15, -0.1) is 0 Å². The van der Waals surface area contributed by atoms with Crippen LogP contribution in [0.2, 0.25) is 0 Å². The fraction of sp³-hybridized carbons (Fsp3) is 0.125. The molecule has 1 amide bonds. The highest BCUT2D eigenvalue weighted by Crippen LogP contribution is 2.17. The van der Waals surface area contributed by atoms with E-state index in [-0.39, 0.29) is 19.1 Å². The Morgan fingerprint density at radius 3 is 2.81 bits per heavy atom. The smallest absolute Gasteiger partial charge is 0.262 e. The first-order chi connectivity index (χ1) is 10.2. The van der Waals surface area contributed by atoms with Gasteiger partial charge in [-0.2, -0.15) is 5.26 Å². The van der Waals surface area contributed by atoms with Crippen LogP contribution in [0, 0.1) is 11.3 Å². The highest BCUT2D eigenvalue weighted by atomic mass is 16.5. The van der Waals surface area contributed by atoms with Crippen molar-refractivity contribution >= 4 is 11.6 Å². The number of nitrogens with zero attached hydrogens (tertiary/aromatic N) is 1. The number of amides is 1. The second-order valence-electron chi connectivity index (χ2n) is 4.30. The molecule has 2 rings (SSSR count). The Bertz CT molecular complexity index is 677. The number of nitriles is 1. The molecule has 0 aromatic heterocycles. The molecule has 0 aliphatic heterocycles. The van der Waals surface area contributed by atoms with Gasteiger partial charge in [0.2, 0.25) is 0 Å². The molecule has 0 atom stereocenters. The lowest BCUT2D eigenvalue weighted by molar-refractivity contribution is -0.118. The molecule has 0 saturated heterocycles. The van der Waals surface area contributed by atoms with Crippen LogP contribution in [0.25, 0.3) is 0 Å². The molecule has 0 spiro atoms. The van der Waals surface area contributed by atoms with Crippen molar-refractivity contribution in [1.82, 2.24) is 0 Å². The third-order valence-electron chi connectivity index (χ3n) is 2.78. The molecule has 2 aromatic rings. The van der Waals surface area contributed by atoms with Crippen LogP contribution >= 0.6 is 0 Å². The highest BCUT2D eigenvalue weighted by Gasteiger charge is 2.06. The van der Waals surface area contributed by atoms with E-state index < -0.39 is 0 Å². The Labute approximate surface area is 122 Å². The largest absolute Gasteiger partial charge is 0.483 e. The van der Waals surface area contributed by atoms with Gasteiger partial charge in [0, 0.05) is 11.3 Å². The fourth-order valence-corrected chi connectivity index (χ4v) is 1.78. The van der Waals surface area contributed by atoms with Gasteiger partial charge >= 0.3 is 0 Å². The molecule has 0 fully saturated rings. The highest BCUT2D eigenvalue weighted by molar-refractivity contribution is 5.92. The van der Waals surface area contributed by atoms with E-state index in [0.717, 1.165) is 0 Å². The number of benzene rings is 2. The van der Waals surface area contributed by atoms with E-state index in [9.17, 15) is 4.79 Å². The second-order valence-corrected chi connectivity index (χ2v) is 4.30. The molecule has 0 heterocycles. The first-order valence-electron chi connectivity index (χ1n) is 6.34. The van der Waals surface area contributed by atoms with Gasteiger partial charge in [0.1, 0.15) is 5.75 Å². The minimum atomic E-state index is -0.335. The van der Waals surface area contributed by atoms with E-state index in [1.807, 2.05) is 6.07 Å². The molecule has 21 heavy (non-hydrogen) atoms. The van der Waals surface area contributed by atoms with Crippen molar-refractivity contribution < 1.29 is 14.6 Å². The van der Waals surface area contributed by atoms with Crippen LogP contribution in [0.15, 0.2) is 48.5 Å². The average molecular weight is 282 g/mol. The summed E-state index contributed by atoms with van der Waals surface area (Å²) >= 11 is 0. The van der Waals surface area contributed by atoms with Crippen molar-refractivity contribution in [3.8, 4) is 11.8 Å². The maximum absolute atomic E-state index is 11.8. The third-order valence-corrected chi connectivity index (χ3v) is 2.78. The van der Waals surface area contributed by atoms with Crippen LogP contribution in [0.5, 0.6) is 5.75 Å². The van der Waals surface area contributed by atoms with Gasteiger partial charge in [-0.3, -0.25) is 4.79 Å². The summed E-state index contributed by atoms with van der Waals surface area (Å²) in [4.78, 5) is 11.8. The number of anilines is 1. The lowest BCUT2D eigenvalue weighted by Gasteiger charge is -2.10. The molecule has 0 aliphatic carbocycles. The van der Waals surface area contributed by atoms with Crippen molar-refractivity contribution in [2.75, 3.05) is 11.9 Å². The van der Waals surface area contributed by atoms with Gasteiger partial charge in [0.05, 0.1) is 18.2 Å². The maximum Gasteiger partial charge on any atom is 0.262 e. The SMILES string of the molecule is N#Cc1cccc(NC(=O)COc2ccccc2CO)c1. The molecular formula is C16H14N2O3. The van der Waals surface area contributed by atoms with Crippen molar-refractivity contribution in [3.05, 3.63) is 59.7 Å². The average Bonchev–Trinajstić information content (AvgIpc) is 2.53. The number of carbonyl (C=O) groups is 1. The summed E-state index contributed by atoms with van der Waals surface area (Å²) in [5, 5.41) is 20.6. The number of aliphatic hydroxyl groups is 1. The predicted molar refractivity (Wildman–Crippen MR) is 77.6 cm³/mol. The van der Waals surface area contributed by atoms with E-state index in [2.05, 4.69) is 5.32 Å². The molecule has 0 radical (unpaired) electrons. The molecule has 5 heteroatoms. The lowest BCUT2D eigenvalue weighted by Crippen LogP contribution is -2.20. The summed E-state index contributed by atoms with van der Waals surface area (Å²) < 4.78 is 5.38. The first kappa shape index (κ1) is 14.6. The summed E-state index contributed by atoms with van der Waals surface area (Å²) in [5.74, 6) is 0.138. The van der Waals surface area contributed by atoms with Crippen molar-refractivity contribution in [2.45, 2.75) is 6.61 Å². The summed E-state index contributed by atoms with van der Waals surface area (Å²) in [7, 11) is 0. The summed E-state index contributed by atoms with van der Waals surface area (Å²) in [6.07, 6.45) is 0. The van der Waals surface area contributed by atoms with Crippen LogP contribution in [0.1, 0.15) is 11.1 Å². The Kier molecular flexibility index (Phi) is 4.91. The number of aliphatic hydroxyl groups excluding tert-OH is 1. The fourth-order valence-electron chi connectivity index (χ4n) is 1.78. The van der Waals surface area contributed by atoms with E-state index in [1.165, 1.54) is 0 Å². The first-order valence-corrected chi connectivity index (χ1v) is 6.34. The predicted octanol–water partition coefficient (Wildman–Crippen LogP) is 2.07. The summed E-state index contributed by atoms with van der Waals surface area (Å²) in [6.45, 7) is -0.324. The van der Waals surface area contributed by atoms with Gasteiger partial charge in [-0.1, -0.05) is 24.3 Å². The summed E-state index contributed by atoms with van der Waals surface area (Å²) in [6, 6.07) is 15.6. The Hall–Kier alpha value is -2.84. The number of para-hydroxylation sites is 1. The van der Waals surface area contributed by atoms with Crippen LogP contribution in [-0.4, -0.2) is 17.6 Å². The van der Waals surface area contributed by atoms with Gasteiger partial charge in [-0.05, 0) is 24.3 Å². The number of rotatable bonds is 5. The number of hydrogen-bond donors (Lipinski definition) is 2. The van der Waals surface area contributed by atoms with Gasteiger partial charge in [0.15, 0.2) is 6.61 Å². The van der Waals surface area contributed by atoms with Gasteiger partial charge in [-0.25, -0.2) is 0 Å². The second kappa shape index (κ2) is 7.08. The van der Waals surface area contributed by atoms with Gasteiger partial charge < -0.3 is 15.2 Å². The molecule has 0 aliphatic rings. The van der Waals surface area contributed by atoms with Crippen LogP contribution in [0.4, 0.5) is 5.69 Å². The maximum atomic E-state index is 11.8.